The van der Waals surface area contributed by atoms with Crippen LogP contribution >= 0.6 is 0 Å². The van der Waals surface area contributed by atoms with Crippen molar-refractivity contribution < 1.29 is 39.4 Å². The number of carbonyl (C=O) groups excluding carboxylic acids is 1. The lowest BCUT2D eigenvalue weighted by Gasteiger charge is -2.46. The molecule has 10 heteroatoms. The highest BCUT2D eigenvalue weighted by Gasteiger charge is 2.48. The highest BCUT2D eigenvalue weighted by molar-refractivity contribution is 5.86. The van der Waals surface area contributed by atoms with Crippen LogP contribution in [0.25, 0.3) is 0 Å². The quantitative estimate of drug-likeness (QED) is 0.327. The summed E-state index contributed by atoms with van der Waals surface area (Å²) in [5, 5.41) is 54.1. The molecule has 13 atom stereocenters. The van der Waals surface area contributed by atoms with Crippen LogP contribution in [0.1, 0.15) is 81.1 Å². The van der Waals surface area contributed by atoms with E-state index in [1.165, 1.54) is 6.92 Å². The van der Waals surface area contributed by atoms with Crippen LogP contribution < -0.4 is 0 Å². The topological polar surface area (TPSA) is 153 Å². The second-order valence-electron chi connectivity index (χ2n) is 13.0. The van der Waals surface area contributed by atoms with Crippen molar-refractivity contribution in [3.05, 3.63) is 0 Å². The molecule has 0 saturated carbocycles. The smallest absolute Gasteiger partial charge is 0.309 e. The monoisotopic (exact) mass is 558 g/mol. The molecule has 0 aromatic rings. The molecule has 2 saturated heterocycles. The van der Waals surface area contributed by atoms with Crippen LogP contribution in [0.4, 0.5) is 0 Å². The average Bonchev–Trinajstić information content (AvgIpc) is 2.84. The molecule has 0 amide bonds. The summed E-state index contributed by atoms with van der Waals surface area (Å²) in [4.78, 5) is 15.1. The van der Waals surface area contributed by atoms with Crippen LogP contribution in [0.5, 0.6) is 0 Å². The minimum atomic E-state index is -1.77. The van der Waals surface area contributed by atoms with E-state index in [-0.39, 0.29) is 36.6 Å². The Balaban J connectivity index is 2.48. The third-order valence-electron chi connectivity index (χ3n) is 8.91. The first-order chi connectivity index (χ1) is 17.8. The van der Waals surface area contributed by atoms with Crippen LogP contribution in [0.15, 0.2) is 0 Å². The van der Waals surface area contributed by atoms with Crippen molar-refractivity contribution in [2.24, 2.45) is 23.7 Å². The Labute approximate surface area is 234 Å². The summed E-state index contributed by atoms with van der Waals surface area (Å²) in [6, 6.07) is -0.195. The van der Waals surface area contributed by atoms with Gasteiger partial charge >= 0.3 is 5.97 Å². The van der Waals surface area contributed by atoms with Gasteiger partial charge in [0.1, 0.15) is 17.8 Å². The number of ether oxygens (including phenoxy) is 3. The van der Waals surface area contributed by atoms with Crippen molar-refractivity contribution in [3.63, 3.8) is 0 Å². The minimum absolute atomic E-state index is 0.131. The van der Waals surface area contributed by atoms with Crippen LogP contribution in [0.3, 0.4) is 0 Å². The van der Waals surface area contributed by atoms with Crippen molar-refractivity contribution >= 4 is 11.7 Å². The van der Waals surface area contributed by atoms with E-state index in [1.807, 2.05) is 32.8 Å². The molecular weight excluding hydrogens is 504 g/mol. The zero-order valence-electron chi connectivity index (χ0n) is 25.5. The van der Waals surface area contributed by atoms with Gasteiger partial charge in [-0.05, 0) is 72.4 Å². The van der Waals surface area contributed by atoms with Crippen molar-refractivity contribution in [2.75, 3.05) is 14.1 Å². The maximum absolute atomic E-state index is 13.1. The number of nitrogens with zero attached hydrogens (tertiary/aromatic N) is 1. The number of hydrogen-bond donors (Lipinski definition) is 5. The Kier molecular flexibility index (Phi) is 11.6. The number of hydrogen-bond acceptors (Lipinski definition) is 10. The van der Waals surface area contributed by atoms with E-state index < -0.39 is 65.6 Å². The largest absolute Gasteiger partial charge is 0.459 e. The molecule has 10 nitrogen and oxygen atoms in total. The van der Waals surface area contributed by atoms with Gasteiger partial charge in [0.2, 0.25) is 0 Å². The molecule has 2 aliphatic heterocycles. The van der Waals surface area contributed by atoms with Crippen molar-refractivity contribution in [1.82, 2.24) is 4.90 Å². The summed E-state index contributed by atoms with van der Waals surface area (Å²) < 4.78 is 18.1. The predicted octanol–water partition coefficient (Wildman–Crippen LogP) is 2.34. The van der Waals surface area contributed by atoms with Crippen LogP contribution in [0, 0.1) is 29.1 Å². The Hall–Kier alpha value is -1.14. The molecule has 0 aromatic heterocycles. The van der Waals surface area contributed by atoms with Gasteiger partial charge in [0.05, 0.1) is 29.8 Å². The summed E-state index contributed by atoms with van der Waals surface area (Å²) in [5.74, 6) is -2.71. The fourth-order valence-corrected chi connectivity index (χ4v) is 6.50. The Bertz CT molecular complexity index is 834. The van der Waals surface area contributed by atoms with E-state index in [4.69, 9.17) is 19.6 Å². The van der Waals surface area contributed by atoms with Crippen LogP contribution in [-0.2, 0) is 19.0 Å². The first-order valence-electron chi connectivity index (χ1n) is 14.4. The zero-order chi connectivity index (χ0) is 30.0. The molecule has 0 aliphatic carbocycles. The van der Waals surface area contributed by atoms with Crippen molar-refractivity contribution in [2.45, 2.75) is 135 Å². The normalized spacial score (nSPS) is 47.5. The molecule has 2 heterocycles. The molecule has 39 heavy (non-hydrogen) atoms. The number of esters is 1. The predicted molar refractivity (Wildman–Crippen MR) is 148 cm³/mol. The number of nitrogens with one attached hydrogen (secondary N) is 1. The van der Waals surface area contributed by atoms with Crippen molar-refractivity contribution in [3.8, 4) is 0 Å². The van der Waals surface area contributed by atoms with Gasteiger partial charge in [-0.3, -0.25) is 4.79 Å². The van der Waals surface area contributed by atoms with E-state index >= 15 is 0 Å². The number of cyclic esters (lactones) is 1. The van der Waals surface area contributed by atoms with E-state index in [2.05, 4.69) is 0 Å². The Morgan fingerprint density at radius 1 is 1.05 bits per heavy atom. The van der Waals surface area contributed by atoms with Gasteiger partial charge in [0.25, 0.3) is 0 Å². The standard InChI is InChI=1S/C29H54N2O8/c1-11-21-29(8,36)24(33)19(6)22(30)17(4)14-28(7,35)25(15(2)12-16(3)26(34)38-21)39-27-23(32)20(31(9)10)13-18(5)37-27/h15-21,23-25,27,30,32-33,35-36H,11-14H2,1-10H3/t15-,16+,17+,18+,19-,20-,21+,23+,24+,25+,27-,28?,29+/m0/s1. The molecule has 0 spiro atoms. The highest BCUT2D eigenvalue weighted by Crippen LogP contribution is 2.37. The molecular formula is C29H54N2O8. The Morgan fingerprint density at radius 3 is 2.18 bits per heavy atom. The van der Waals surface area contributed by atoms with Gasteiger partial charge in [-0.2, -0.15) is 0 Å². The number of aliphatic hydroxyl groups is 4. The van der Waals surface area contributed by atoms with Gasteiger partial charge in [0.15, 0.2) is 6.29 Å². The minimum Gasteiger partial charge on any atom is -0.459 e. The van der Waals surface area contributed by atoms with Gasteiger partial charge in [-0.15, -0.1) is 0 Å². The van der Waals surface area contributed by atoms with Crippen molar-refractivity contribution in [1.29, 1.82) is 5.41 Å². The molecule has 2 fully saturated rings. The number of likely N-dealkylation sites (N-methyl/N-ethyl adjacent to an activating group) is 1. The second kappa shape index (κ2) is 13.2. The summed E-state index contributed by atoms with van der Waals surface area (Å²) in [6.45, 7) is 13.8. The summed E-state index contributed by atoms with van der Waals surface area (Å²) in [7, 11) is 3.78. The van der Waals surface area contributed by atoms with Gasteiger partial charge in [-0.1, -0.05) is 34.6 Å². The lowest BCUT2D eigenvalue weighted by Crippen LogP contribution is -2.58. The van der Waals surface area contributed by atoms with E-state index in [1.54, 1.807) is 34.6 Å². The third kappa shape index (κ3) is 7.78. The molecule has 2 rings (SSSR count). The molecule has 1 unspecified atom stereocenters. The van der Waals surface area contributed by atoms with E-state index in [0.717, 1.165) is 0 Å². The van der Waals surface area contributed by atoms with E-state index in [9.17, 15) is 25.2 Å². The fourth-order valence-electron chi connectivity index (χ4n) is 6.50. The molecule has 228 valence electrons. The highest BCUT2D eigenvalue weighted by atomic mass is 16.7. The first kappa shape index (κ1) is 34.1. The summed E-state index contributed by atoms with van der Waals surface area (Å²) >= 11 is 0. The average molecular weight is 559 g/mol. The van der Waals surface area contributed by atoms with Gasteiger partial charge < -0.3 is 44.9 Å². The van der Waals surface area contributed by atoms with Crippen LogP contribution in [0.2, 0.25) is 0 Å². The number of carbonyl (C=O) groups is 1. The third-order valence-corrected chi connectivity index (χ3v) is 8.91. The first-order valence-corrected chi connectivity index (χ1v) is 14.4. The lowest BCUT2D eigenvalue weighted by atomic mass is 9.74. The van der Waals surface area contributed by atoms with Gasteiger partial charge in [-0.25, -0.2) is 0 Å². The molecule has 2 aliphatic rings. The number of aliphatic hydroxyl groups excluding tert-OH is 2. The molecule has 5 N–H and O–H groups in total. The SMILES string of the molecule is CC[C@H]1OC(=O)[C@H](C)C[C@H](C)[C@@H](O[C@@H]2O[C@H](C)C[C@H](N(C)C)[C@H]2O)C(C)(O)C[C@@H](C)C(=N)[C@H](C)[C@@H](O)[C@]1(C)O. The summed E-state index contributed by atoms with van der Waals surface area (Å²) in [5.41, 5.74) is -3.08. The van der Waals surface area contributed by atoms with Gasteiger partial charge in [0, 0.05) is 17.7 Å². The molecule has 0 bridgehead atoms. The molecule has 0 aromatic carbocycles. The maximum atomic E-state index is 13.1. The molecule has 0 radical (unpaired) electrons. The zero-order valence-corrected chi connectivity index (χ0v) is 25.5. The second-order valence-corrected chi connectivity index (χ2v) is 13.0. The van der Waals surface area contributed by atoms with E-state index in [0.29, 0.717) is 12.8 Å². The maximum Gasteiger partial charge on any atom is 0.309 e. The van der Waals surface area contributed by atoms with Crippen LogP contribution in [-0.4, -0.2) is 105 Å². The Morgan fingerprint density at radius 2 is 1.64 bits per heavy atom. The fraction of sp³-hybridized carbons (Fsp3) is 0.931. The lowest BCUT2D eigenvalue weighted by molar-refractivity contribution is -0.295. The number of rotatable bonds is 4. The summed E-state index contributed by atoms with van der Waals surface area (Å²) in [6.07, 6.45) is -3.93.